The summed E-state index contributed by atoms with van der Waals surface area (Å²) in [4.78, 5) is 3.92. The van der Waals surface area contributed by atoms with Gasteiger partial charge >= 0.3 is 6.01 Å². The number of nitrogens with one attached hydrogen (secondary N) is 1. The van der Waals surface area contributed by atoms with Crippen LogP contribution >= 0.6 is 0 Å². The molecule has 0 saturated carbocycles. The minimum absolute atomic E-state index is 0.181. The van der Waals surface area contributed by atoms with Gasteiger partial charge in [0.05, 0.1) is 31.2 Å². The lowest BCUT2D eigenvalue weighted by Crippen LogP contribution is -2.43. The first-order valence-electron chi connectivity index (χ1n) is 9.09. The van der Waals surface area contributed by atoms with Gasteiger partial charge in [0.1, 0.15) is 36.7 Å². The smallest absolute Gasteiger partial charge is 0.341 e. The molecule has 5 rings (SSSR count). The number of tetrazole rings is 1. The average Bonchev–Trinajstić information content (AvgIpc) is 3.47. The molecule has 0 unspecified atom stereocenters. The Morgan fingerprint density at radius 1 is 1.17 bits per heavy atom. The molecule has 2 aliphatic rings. The quantitative estimate of drug-likeness (QED) is 0.528. The van der Waals surface area contributed by atoms with Crippen molar-refractivity contribution in [3.05, 3.63) is 36.9 Å². The number of aromatic nitrogens is 7. The summed E-state index contributed by atoms with van der Waals surface area (Å²) in [7, 11) is -3.38. The maximum Gasteiger partial charge on any atom is 0.341 e. The van der Waals surface area contributed by atoms with Crippen molar-refractivity contribution in [2.24, 2.45) is 0 Å². The van der Waals surface area contributed by atoms with Crippen LogP contribution in [0.1, 0.15) is 6.04 Å². The molecule has 14 heteroatoms. The van der Waals surface area contributed by atoms with Gasteiger partial charge < -0.3 is 14.2 Å². The van der Waals surface area contributed by atoms with Gasteiger partial charge in [-0.15, -0.1) is 0 Å². The standard InChI is InChI=1S/C16H18N8O5S/c1-30(25,26)20-12-6-27-15-13(7-28-14(12)15)24-16(19-21-22-24)29-11-4-2-10(3-5-11)23-9-17-8-18-23/h2-5,8-9,12-15,20H,6-7H2,1H3/t12-,13+,14-,15+/m1/s1. The third-order valence-electron chi connectivity index (χ3n) is 4.90. The lowest BCUT2D eigenvalue weighted by molar-refractivity contribution is 0.0615. The van der Waals surface area contributed by atoms with Crippen molar-refractivity contribution in [3.8, 4) is 17.4 Å². The van der Waals surface area contributed by atoms with Crippen LogP contribution in [0.4, 0.5) is 0 Å². The normalized spacial score (nSPS) is 26.0. The van der Waals surface area contributed by atoms with Gasteiger partial charge in [0, 0.05) is 0 Å². The lowest BCUT2D eigenvalue weighted by Gasteiger charge is -2.17. The minimum Gasteiger partial charge on any atom is -0.423 e. The van der Waals surface area contributed by atoms with Crippen molar-refractivity contribution in [1.29, 1.82) is 0 Å². The van der Waals surface area contributed by atoms with Gasteiger partial charge in [-0.25, -0.2) is 22.8 Å². The maximum atomic E-state index is 11.6. The zero-order valence-corrected chi connectivity index (χ0v) is 16.6. The van der Waals surface area contributed by atoms with Crippen molar-refractivity contribution in [2.75, 3.05) is 19.5 Å². The molecule has 4 heterocycles. The molecule has 0 aliphatic carbocycles. The van der Waals surface area contributed by atoms with E-state index < -0.39 is 28.3 Å². The van der Waals surface area contributed by atoms with Gasteiger partial charge in [0.25, 0.3) is 0 Å². The van der Waals surface area contributed by atoms with Crippen LogP contribution in [0.2, 0.25) is 0 Å². The molecule has 1 aromatic carbocycles. The van der Waals surface area contributed by atoms with E-state index in [1.165, 1.54) is 11.0 Å². The van der Waals surface area contributed by atoms with Gasteiger partial charge in [-0.05, 0) is 34.7 Å². The van der Waals surface area contributed by atoms with Crippen LogP contribution in [-0.4, -0.2) is 81.1 Å². The first-order chi connectivity index (χ1) is 14.5. The summed E-state index contributed by atoms with van der Waals surface area (Å²) in [6.45, 7) is 0.477. The molecule has 3 aromatic rings. The van der Waals surface area contributed by atoms with Crippen molar-refractivity contribution in [2.45, 2.75) is 24.3 Å². The molecular formula is C16H18N8O5S. The molecule has 1 N–H and O–H groups in total. The number of benzene rings is 1. The molecular weight excluding hydrogens is 416 g/mol. The molecule has 158 valence electrons. The summed E-state index contributed by atoms with van der Waals surface area (Å²) >= 11 is 0. The van der Waals surface area contributed by atoms with E-state index in [9.17, 15) is 8.42 Å². The Hall–Kier alpha value is -2.94. The van der Waals surface area contributed by atoms with Crippen LogP contribution in [0.15, 0.2) is 36.9 Å². The second-order valence-electron chi connectivity index (χ2n) is 7.00. The van der Waals surface area contributed by atoms with Gasteiger partial charge in [-0.2, -0.15) is 9.78 Å². The number of hydrogen-bond acceptors (Lipinski definition) is 10. The number of hydrogen-bond donors (Lipinski definition) is 1. The van der Waals surface area contributed by atoms with E-state index in [1.807, 2.05) is 12.1 Å². The topological polar surface area (TPSA) is 148 Å². The predicted octanol–water partition coefficient (Wildman–Crippen LogP) is -0.697. The largest absolute Gasteiger partial charge is 0.423 e. The fourth-order valence-corrected chi connectivity index (χ4v) is 4.39. The molecule has 0 spiro atoms. The SMILES string of the molecule is CS(=O)(=O)N[C@@H]1CO[C@@H]2[C@@H]1OC[C@@H]2n1nnnc1Oc1ccc(-n2cncn2)cc1. The summed E-state index contributed by atoms with van der Waals surface area (Å²) in [5.41, 5.74) is 0.829. The molecule has 2 saturated heterocycles. The molecule has 0 radical (unpaired) electrons. The van der Waals surface area contributed by atoms with Crippen LogP contribution in [0.3, 0.4) is 0 Å². The summed E-state index contributed by atoms with van der Waals surface area (Å²) in [5.74, 6) is 0.536. The molecule has 2 fully saturated rings. The number of ether oxygens (including phenoxy) is 3. The first-order valence-corrected chi connectivity index (χ1v) is 11.0. The molecule has 0 bridgehead atoms. The summed E-state index contributed by atoms with van der Waals surface area (Å²) < 4.78 is 46.2. The van der Waals surface area contributed by atoms with E-state index in [4.69, 9.17) is 14.2 Å². The Morgan fingerprint density at radius 3 is 2.70 bits per heavy atom. The second-order valence-corrected chi connectivity index (χ2v) is 8.78. The minimum atomic E-state index is -3.38. The van der Waals surface area contributed by atoms with E-state index in [0.717, 1.165) is 11.9 Å². The third kappa shape index (κ3) is 3.65. The first kappa shape index (κ1) is 19.0. The van der Waals surface area contributed by atoms with Crippen LogP contribution in [0, 0.1) is 0 Å². The fraction of sp³-hybridized carbons (Fsp3) is 0.438. The Bertz CT molecular complexity index is 1120. The van der Waals surface area contributed by atoms with Crippen molar-refractivity contribution in [3.63, 3.8) is 0 Å². The van der Waals surface area contributed by atoms with Crippen LogP contribution < -0.4 is 9.46 Å². The van der Waals surface area contributed by atoms with Crippen molar-refractivity contribution < 1.29 is 22.6 Å². The van der Waals surface area contributed by atoms with Crippen LogP contribution in [-0.2, 0) is 19.5 Å². The predicted molar refractivity (Wildman–Crippen MR) is 99.5 cm³/mol. The van der Waals surface area contributed by atoms with E-state index in [-0.39, 0.29) is 25.3 Å². The monoisotopic (exact) mass is 434 g/mol. The van der Waals surface area contributed by atoms with E-state index in [2.05, 4.69) is 30.3 Å². The molecule has 30 heavy (non-hydrogen) atoms. The highest BCUT2D eigenvalue weighted by Gasteiger charge is 2.50. The number of nitrogens with zero attached hydrogens (tertiary/aromatic N) is 7. The molecule has 2 aliphatic heterocycles. The van der Waals surface area contributed by atoms with Crippen molar-refractivity contribution in [1.82, 2.24) is 39.7 Å². The summed E-state index contributed by atoms with van der Waals surface area (Å²) in [6, 6.07) is 6.56. The zero-order chi connectivity index (χ0) is 20.7. The van der Waals surface area contributed by atoms with Gasteiger partial charge in [0.15, 0.2) is 0 Å². The van der Waals surface area contributed by atoms with E-state index >= 15 is 0 Å². The van der Waals surface area contributed by atoms with E-state index in [0.29, 0.717) is 5.75 Å². The highest BCUT2D eigenvalue weighted by Crippen LogP contribution is 2.36. The highest BCUT2D eigenvalue weighted by atomic mass is 32.2. The lowest BCUT2D eigenvalue weighted by atomic mass is 10.1. The second kappa shape index (κ2) is 7.39. The van der Waals surface area contributed by atoms with Gasteiger partial charge in [-0.1, -0.05) is 5.10 Å². The fourth-order valence-electron chi connectivity index (χ4n) is 3.64. The van der Waals surface area contributed by atoms with E-state index in [1.54, 1.807) is 23.1 Å². The van der Waals surface area contributed by atoms with Crippen LogP contribution in [0.25, 0.3) is 5.69 Å². The summed E-state index contributed by atoms with van der Waals surface area (Å²) in [5, 5.41) is 15.8. The maximum absolute atomic E-state index is 11.6. The van der Waals surface area contributed by atoms with Crippen molar-refractivity contribution >= 4 is 10.0 Å². The Morgan fingerprint density at radius 2 is 1.97 bits per heavy atom. The van der Waals surface area contributed by atoms with Gasteiger partial charge in [0.2, 0.25) is 10.0 Å². The zero-order valence-electron chi connectivity index (χ0n) is 15.8. The molecule has 0 amide bonds. The number of fused-ring (bicyclic) bond motifs is 1. The third-order valence-corrected chi connectivity index (χ3v) is 5.63. The Kier molecular flexibility index (Phi) is 4.69. The number of sulfonamides is 1. The highest BCUT2D eigenvalue weighted by molar-refractivity contribution is 7.88. The number of rotatable bonds is 6. The average molecular weight is 434 g/mol. The van der Waals surface area contributed by atoms with Crippen LogP contribution in [0.5, 0.6) is 11.8 Å². The molecule has 4 atom stereocenters. The Balaban J connectivity index is 1.31. The Labute approximate surface area is 171 Å². The van der Waals surface area contributed by atoms with Gasteiger partial charge in [-0.3, -0.25) is 0 Å². The molecule has 2 aromatic heterocycles. The summed E-state index contributed by atoms with van der Waals surface area (Å²) in [6.07, 6.45) is 3.33. The molecule has 13 nitrogen and oxygen atoms in total.